The van der Waals surface area contributed by atoms with Gasteiger partial charge in [0.25, 0.3) is 0 Å². The van der Waals surface area contributed by atoms with Crippen LogP contribution in [0.5, 0.6) is 5.75 Å². The van der Waals surface area contributed by atoms with Gasteiger partial charge in [-0.1, -0.05) is 43.3 Å². The van der Waals surface area contributed by atoms with Gasteiger partial charge in [0.1, 0.15) is 11.9 Å². The Bertz CT molecular complexity index is 772. The summed E-state index contributed by atoms with van der Waals surface area (Å²) < 4.78 is 31.7. The Morgan fingerprint density at radius 2 is 1.62 bits per heavy atom. The number of nitrogens with two attached hydrogens (primary N) is 1. The van der Waals surface area contributed by atoms with Crippen LogP contribution in [0, 0.1) is 0 Å². The fourth-order valence-electron chi connectivity index (χ4n) is 2.62. The molecule has 0 saturated heterocycles. The first-order valence-electron chi connectivity index (χ1n) is 8.97. The second kappa shape index (κ2) is 9.71. The van der Waals surface area contributed by atoms with Crippen LogP contribution in [0.3, 0.4) is 0 Å². The zero-order valence-electron chi connectivity index (χ0n) is 15.4. The molecule has 3 N–H and O–H groups in total. The first-order chi connectivity index (χ1) is 12.4. The van der Waals surface area contributed by atoms with E-state index in [1.165, 1.54) is 5.56 Å². The van der Waals surface area contributed by atoms with E-state index >= 15 is 0 Å². The van der Waals surface area contributed by atoms with Crippen molar-refractivity contribution in [2.75, 3.05) is 18.8 Å². The normalized spacial score (nSPS) is 12.7. The van der Waals surface area contributed by atoms with Gasteiger partial charge in [-0.15, -0.1) is 0 Å². The molecule has 0 aliphatic rings. The summed E-state index contributed by atoms with van der Waals surface area (Å²) in [5.74, 6) is 0.856. The first-order valence-corrected chi connectivity index (χ1v) is 10.6. The minimum atomic E-state index is -3.21. The summed E-state index contributed by atoms with van der Waals surface area (Å²) in [6, 6.07) is 16.2. The molecule has 142 valence electrons. The number of rotatable bonds is 10. The van der Waals surface area contributed by atoms with Crippen LogP contribution in [0.1, 0.15) is 25.8 Å². The van der Waals surface area contributed by atoms with E-state index in [4.69, 9.17) is 10.5 Å². The maximum atomic E-state index is 11.7. The Kier molecular flexibility index (Phi) is 7.63. The van der Waals surface area contributed by atoms with E-state index in [2.05, 4.69) is 29.0 Å². The van der Waals surface area contributed by atoms with Crippen molar-refractivity contribution in [1.82, 2.24) is 4.72 Å². The lowest BCUT2D eigenvalue weighted by Crippen LogP contribution is -2.34. The van der Waals surface area contributed by atoms with Crippen molar-refractivity contribution in [3.8, 4) is 16.9 Å². The molecule has 0 aromatic heterocycles. The van der Waals surface area contributed by atoms with Crippen molar-refractivity contribution in [1.29, 1.82) is 0 Å². The molecule has 0 fully saturated rings. The Morgan fingerprint density at radius 3 is 2.15 bits per heavy atom. The molecular formula is C20H28N2O3S. The average molecular weight is 377 g/mol. The Morgan fingerprint density at radius 1 is 1.04 bits per heavy atom. The first kappa shape index (κ1) is 20.4. The highest BCUT2D eigenvalue weighted by molar-refractivity contribution is 7.89. The third-order valence-electron chi connectivity index (χ3n) is 3.98. The van der Waals surface area contributed by atoms with Crippen LogP contribution in [0.4, 0.5) is 0 Å². The van der Waals surface area contributed by atoms with Crippen LogP contribution in [0.25, 0.3) is 11.1 Å². The summed E-state index contributed by atoms with van der Waals surface area (Å²) in [6.07, 6.45) is 1.23. The highest BCUT2D eigenvalue weighted by Gasteiger charge is 2.11. The zero-order valence-corrected chi connectivity index (χ0v) is 16.3. The molecular weight excluding hydrogens is 348 g/mol. The van der Waals surface area contributed by atoms with Crippen molar-refractivity contribution < 1.29 is 13.2 Å². The summed E-state index contributed by atoms with van der Waals surface area (Å²) in [6.45, 7) is 4.59. The number of benzene rings is 2. The van der Waals surface area contributed by atoms with E-state index in [0.717, 1.165) is 23.3 Å². The minimum absolute atomic E-state index is 0.137. The molecule has 0 amide bonds. The molecule has 2 aromatic rings. The molecule has 1 unspecified atom stereocenters. The molecule has 26 heavy (non-hydrogen) atoms. The highest BCUT2D eigenvalue weighted by Crippen LogP contribution is 2.23. The quantitative estimate of drug-likeness (QED) is 0.668. The molecule has 0 aliphatic carbocycles. The second-order valence-electron chi connectivity index (χ2n) is 6.36. The number of ether oxygens (including phenoxy) is 1. The van der Waals surface area contributed by atoms with Gasteiger partial charge in [0.05, 0.1) is 5.75 Å². The molecule has 0 radical (unpaired) electrons. The van der Waals surface area contributed by atoms with E-state index in [1.54, 1.807) is 0 Å². The van der Waals surface area contributed by atoms with Crippen LogP contribution in [0.2, 0.25) is 0 Å². The summed E-state index contributed by atoms with van der Waals surface area (Å²) in [7, 11) is -3.21. The average Bonchev–Trinajstić information content (AvgIpc) is 2.62. The predicted molar refractivity (Wildman–Crippen MR) is 107 cm³/mol. The van der Waals surface area contributed by atoms with Gasteiger partial charge in [-0.2, -0.15) is 0 Å². The van der Waals surface area contributed by atoms with Gasteiger partial charge < -0.3 is 10.5 Å². The number of sulfonamides is 1. The molecule has 2 aromatic carbocycles. The molecule has 6 heteroatoms. The fraction of sp³-hybridized carbons (Fsp3) is 0.400. The van der Waals surface area contributed by atoms with Crippen LogP contribution in [-0.4, -0.2) is 33.4 Å². The van der Waals surface area contributed by atoms with Crippen molar-refractivity contribution in [3.63, 3.8) is 0 Å². The molecule has 0 spiro atoms. The SMILES string of the molecule is CCCS(=O)(=O)NCC(C)Oc1ccc(-c2ccc(CCN)cc2)cc1. The van der Waals surface area contributed by atoms with Crippen LogP contribution in [-0.2, 0) is 16.4 Å². The van der Waals surface area contributed by atoms with Gasteiger partial charge in [-0.25, -0.2) is 13.1 Å². The van der Waals surface area contributed by atoms with Crippen molar-refractivity contribution >= 4 is 10.0 Å². The summed E-state index contributed by atoms with van der Waals surface area (Å²) in [5, 5.41) is 0. The van der Waals surface area contributed by atoms with E-state index in [1.807, 2.05) is 38.1 Å². The topological polar surface area (TPSA) is 81.4 Å². The molecule has 0 heterocycles. The van der Waals surface area contributed by atoms with Gasteiger partial charge in [-0.3, -0.25) is 0 Å². The highest BCUT2D eigenvalue weighted by atomic mass is 32.2. The van der Waals surface area contributed by atoms with E-state index in [-0.39, 0.29) is 18.4 Å². The molecule has 0 saturated carbocycles. The van der Waals surface area contributed by atoms with E-state index in [0.29, 0.717) is 13.0 Å². The second-order valence-corrected chi connectivity index (χ2v) is 8.28. The van der Waals surface area contributed by atoms with E-state index in [9.17, 15) is 8.42 Å². The lowest BCUT2D eigenvalue weighted by molar-refractivity contribution is 0.225. The zero-order chi connectivity index (χ0) is 19.0. The summed E-state index contributed by atoms with van der Waals surface area (Å²) in [5.41, 5.74) is 9.05. The van der Waals surface area contributed by atoms with Gasteiger partial charge in [0.2, 0.25) is 10.0 Å². The molecule has 0 bridgehead atoms. The molecule has 1 atom stereocenters. The number of hydrogen-bond acceptors (Lipinski definition) is 4. The predicted octanol–water partition coefficient (Wildman–Crippen LogP) is 2.95. The standard InChI is InChI=1S/C20H28N2O3S/c1-3-14-26(23,24)22-15-16(2)25-20-10-8-19(9-11-20)18-6-4-17(5-7-18)12-13-21/h4-11,16,22H,3,12-15,21H2,1-2H3. The fourth-order valence-corrected chi connectivity index (χ4v) is 3.79. The van der Waals surface area contributed by atoms with Gasteiger partial charge in [0, 0.05) is 6.54 Å². The van der Waals surface area contributed by atoms with Gasteiger partial charge >= 0.3 is 0 Å². The maximum Gasteiger partial charge on any atom is 0.211 e. The maximum absolute atomic E-state index is 11.7. The number of nitrogens with one attached hydrogen (secondary N) is 1. The Balaban J connectivity index is 1.92. The van der Waals surface area contributed by atoms with Gasteiger partial charge in [-0.05, 0) is 55.1 Å². The van der Waals surface area contributed by atoms with E-state index < -0.39 is 10.0 Å². The number of hydrogen-bond donors (Lipinski definition) is 2. The minimum Gasteiger partial charge on any atom is -0.489 e. The Hall–Kier alpha value is -1.89. The van der Waals surface area contributed by atoms with Crippen LogP contribution < -0.4 is 15.2 Å². The lowest BCUT2D eigenvalue weighted by Gasteiger charge is -2.16. The van der Waals surface area contributed by atoms with Crippen molar-refractivity contribution in [2.24, 2.45) is 5.73 Å². The van der Waals surface area contributed by atoms with Crippen LogP contribution >= 0.6 is 0 Å². The van der Waals surface area contributed by atoms with Crippen LogP contribution in [0.15, 0.2) is 48.5 Å². The van der Waals surface area contributed by atoms with Crippen molar-refractivity contribution in [3.05, 3.63) is 54.1 Å². The lowest BCUT2D eigenvalue weighted by atomic mass is 10.0. The Labute approximate surface area is 156 Å². The largest absolute Gasteiger partial charge is 0.489 e. The van der Waals surface area contributed by atoms with Crippen molar-refractivity contribution in [2.45, 2.75) is 32.8 Å². The monoisotopic (exact) mass is 376 g/mol. The third kappa shape index (κ3) is 6.44. The smallest absolute Gasteiger partial charge is 0.211 e. The third-order valence-corrected chi connectivity index (χ3v) is 5.53. The molecule has 2 rings (SSSR count). The molecule has 5 nitrogen and oxygen atoms in total. The van der Waals surface area contributed by atoms with Gasteiger partial charge in [0.15, 0.2) is 0 Å². The molecule has 0 aliphatic heterocycles. The summed E-state index contributed by atoms with van der Waals surface area (Å²) >= 11 is 0. The summed E-state index contributed by atoms with van der Waals surface area (Å²) in [4.78, 5) is 0.